The van der Waals surface area contributed by atoms with Crippen molar-refractivity contribution >= 4 is 12.1 Å². The van der Waals surface area contributed by atoms with Gasteiger partial charge in [-0.15, -0.1) is 0 Å². The first-order chi connectivity index (χ1) is 9.28. The Balaban J connectivity index is 1.92. The zero-order valence-electron chi connectivity index (χ0n) is 12.2. The zero-order valence-corrected chi connectivity index (χ0v) is 12.2. The molecule has 0 aromatic carbocycles. The van der Waals surface area contributed by atoms with Crippen LogP contribution in [0.15, 0.2) is 0 Å². The highest BCUT2D eigenvalue weighted by Gasteiger charge is 2.39. The van der Waals surface area contributed by atoms with Gasteiger partial charge < -0.3 is 19.9 Å². The molecule has 0 aromatic rings. The van der Waals surface area contributed by atoms with Gasteiger partial charge in [-0.25, -0.2) is 14.0 Å². The molecule has 0 unspecified atom stereocenters. The van der Waals surface area contributed by atoms with Gasteiger partial charge >= 0.3 is 12.1 Å². The van der Waals surface area contributed by atoms with Gasteiger partial charge in [-0.1, -0.05) is 0 Å². The standard InChI is InChI=1S/C13H22FN3O3/c1-13(2,3)20-12(19)16-6-4-10(9(14)8-16)17-7-5-15-11(17)18/h9-10H,4-8H2,1-3H3,(H,15,18)/t9-,10+/m1/s1. The number of nitrogens with zero attached hydrogens (tertiary/aromatic N) is 2. The third kappa shape index (κ3) is 3.32. The molecule has 0 aromatic heterocycles. The summed E-state index contributed by atoms with van der Waals surface area (Å²) in [5.41, 5.74) is -0.589. The number of nitrogens with one attached hydrogen (secondary N) is 1. The minimum absolute atomic E-state index is 0.0244. The van der Waals surface area contributed by atoms with Crippen molar-refractivity contribution in [1.82, 2.24) is 15.1 Å². The molecule has 7 heteroatoms. The summed E-state index contributed by atoms with van der Waals surface area (Å²) < 4.78 is 19.5. The summed E-state index contributed by atoms with van der Waals surface area (Å²) in [6.45, 7) is 6.79. The van der Waals surface area contributed by atoms with E-state index in [2.05, 4.69) is 5.32 Å². The normalized spacial score (nSPS) is 27.5. The third-order valence-corrected chi connectivity index (χ3v) is 3.45. The summed E-state index contributed by atoms with van der Waals surface area (Å²) in [6.07, 6.45) is -1.29. The van der Waals surface area contributed by atoms with Crippen molar-refractivity contribution in [2.75, 3.05) is 26.2 Å². The minimum Gasteiger partial charge on any atom is -0.444 e. The van der Waals surface area contributed by atoms with Crippen LogP contribution in [0, 0.1) is 0 Å². The highest BCUT2D eigenvalue weighted by atomic mass is 19.1. The van der Waals surface area contributed by atoms with E-state index in [0.29, 0.717) is 26.1 Å². The topological polar surface area (TPSA) is 61.9 Å². The number of piperidine rings is 1. The van der Waals surface area contributed by atoms with Crippen molar-refractivity contribution < 1.29 is 18.7 Å². The highest BCUT2D eigenvalue weighted by molar-refractivity contribution is 5.76. The van der Waals surface area contributed by atoms with Crippen molar-refractivity contribution in [1.29, 1.82) is 0 Å². The van der Waals surface area contributed by atoms with E-state index in [1.54, 1.807) is 20.8 Å². The molecule has 3 amide bonds. The molecular weight excluding hydrogens is 265 g/mol. The van der Waals surface area contributed by atoms with E-state index in [4.69, 9.17) is 4.74 Å². The number of amides is 3. The van der Waals surface area contributed by atoms with Crippen molar-refractivity contribution in [2.24, 2.45) is 0 Å². The lowest BCUT2D eigenvalue weighted by atomic mass is 10.0. The predicted octanol–water partition coefficient (Wildman–Crippen LogP) is 1.36. The van der Waals surface area contributed by atoms with E-state index in [1.165, 1.54) is 9.80 Å². The maximum Gasteiger partial charge on any atom is 0.410 e. The fourth-order valence-corrected chi connectivity index (χ4v) is 2.54. The monoisotopic (exact) mass is 287 g/mol. The smallest absolute Gasteiger partial charge is 0.410 e. The number of rotatable bonds is 1. The van der Waals surface area contributed by atoms with Crippen molar-refractivity contribution in [3.63, 3.8) is 0 Å². The largest absolute Gasteiger partial charge is 0.444 e. The lowest BCUT2D eigenvalue weighted by Crippen LogP contribution is -2.55. The number of urea groups is 1. The molecule has 2 aliphatic rings. The van der Waals surface area contributed by atoms with Crippen LogP contribution in [0.4, 0.5) is 14.0 Å². The van der Waals surface area contributed by atoms with E-state index >= 15 is 0 Å². The lowest BCUT2D eigenvalue weighted by Gasteiger charge is -2.38. The van der Waals surface area contributed by atoms with Gasteiger partial charge in [-0.3, -0.25) is 0 Å². The average Bonchev–Trinajstić information content (AvgIpc) is 2.73. The molecule has 0 aliphatic carbocycles. The Labute approximate surface area is 118 Å². The van der Waals surface area contributed by atoms with Gasteiger partial charge in [0.2, 0.25) is 0 Å². The first kappa shape index (κ1) is 14.9. The Morgan fingerprint density at radius 1 is 1.40 bits per heavy atom. The van der Waals surface area contributed by atoms with Gasteiger partial charge in [0, 0.05) is 19.6 Å². The number of hydrogen-bond donors (Lipinski definition) is 1. The van der Waals surface area contributed by atoms with Crippen LogP contribution in [-0.4, -0.2) is 65.9 Å². The van der Waals surface area contributed by atoms with Crippen LogP contribution in [0.3, 0.4) is 0 Å². The summed E-state index contributed by atoms with van der Waals surface area (Å²) in [4.78, 5) is 26.4. The first-order valence-electron chi connectivity index (χ1n) is 6.94. The van der Waals surface area contributed by atoms with Gasteiger partial charge in [0.1, 0.15) is 11.8 Å². The SMILES string of the molecule is CC(C)(C)OC(=O)N1CC[C@H](N2CCNC2=O)[C@H](F)C1. The van der Waals surface area contributed by atoms with Gasteiger partial charge in [-0.05, 0) is 27.2 Å². The Morgan fingerprint density at radius 3 is 2.60 bits per heavy atom. The highest BCUT2D eigenvalue weighted by Crippen LogP contribution is 2.22. The van der Waals surface area contributed by atoms with Crippen LogP contribution in [0.5, 0.6) is 0 Å². The number of carbonyl (C=O) groups excluding carboxylic acids is 2. The van der Waals surface area contributed by atoms with Crippen LogP contribution in [0.25, 0.3) is 0 Å². The second-order valence-corrected chi connectivity index (χ2v) is 6.22. The Bertz CT molecular complexity index is 397. The van der Waals surface area contributed by atoms with E-state index < -0.39 is 23.9 Å². The number of hydrogen-bond acceptors (Lipinski definition) is 3. The number of carbonyl (C=O) groups is 2. The molecule has 2 fully saturated rings. The van der Waals surface area contributed by atoms with Gasteiger partial charge in [0.05, 0.1) is 12.6 Å². The Hall–Kier alpha value is -1.53. The van der Waals surface area contributed by atoms with E-state index in [-0.39, 0.29) is 12.6 Å². The molecule has 2 aliphatic heterocycles. The van der Waals surface area contributed by atoms with Crippen LogP contribution in [0.2, 0.25) is 0 Å². The summed E-state index contributed by atoms with van der Waals surface area (Å²) >= 11 is 0. The zero-order chi connectivity index (χ0) is 14.9. The maximum atomic E-state index is 14.2. The Kier molecular flexibility index (Phi) is 4.06. The molecular formula is C13H22FN3O3. The van der Waals surface area contributed by atoms with Crippen molar-refractivity contribution in [2.45, 2.75) is 45.0 Å². The lowest BCUT2D eigenvalue weighted by molar-refractivity contribution is 0.00204. The van der Waals surface area contributed by atoms with Crippen molar-refractivity contribution in [3.05, 3.63) is 0 Å². The van der Waals surface area contributed by atoms with Gasteiger partial charge in [-0.2, -0.15) is 0 Å². The third-order valence-electron chi connectivity index (χ3n) is 3.45. The average molecular weight is 287 g/mol. The number of halogens is 1. The van der Waals surface area contributed by atoms with E-state index in [0.717, 1.165) is 0 Å². The minimum atomic E-state index is -1.24. The summed E-state index contributed by atoms with van der Waals surface area (Å²) in [5.74, 6) is 0. The number of ether oxygens (including phenoxy) is 1. The van der Waals surface area contributed by atoms with E-state index in [1.807, 2.05) is 0 Å². The van der Waals surface area contributed by atoms with Crippen LogP contribution < -0.4 is 5.32 Å². The molecule has 114 valence electrons. The number of likely N-dealkylation sites (tertiary alicyclic amines) is 1. The summed E-state index contributed by atoms with van der Waals surface area (Å²) in [6, 6.07) is -0.667. The second-order valence-electron chi connectivity index (χ2n) is 6.22. The molecule has 0 radical (unpaired) electrons. The molecule has 1 N–H and O–H groups in total. The molecule has 2 rings (SSSR count). The molecule has 2 atom stereocenters. The van der Waals surface area contributed by atoms with Crippen LogP contribution >= 0.6 is 0 Å². The van der Waals surface area contributed by atoms with Crippen molar-refractivity contribution in [3.8, 4) is 0 Å². The Morgan fingerprint density at radius 2 is 2.10 bits per heavy atom. The molecule has 0 saturated carbocycles. The molecule has 0 spiro atoms. The summed E-state index contributed by atoms with van der Waals surface area (Å²) in [7, 11) is 0. The molecule has 2 saturated heterocycles. The predicted molar refractivity (Wildman–Crippen MR) is 71.2 cm³/mol. The van der Waals surface area contributed by atoms with Crippen LogP contribution in [-0.2, 0) is 4.74 Å². The fourth-order valence-electron chi connectivity index (χ4n) is 2.54. The number of alkyl halides is 1. The molecule has 20 heavy (non-hydrogen) atoms. The van der Waals surface area contributed by atoms with Gasteiger partial charge in [0.15, 0.2) is 0 Å². The molecule has 6 nitrogen and oxygen atoms in total. The molecule has 2 heterocycles. The quantitative estimate of drug-likeness (QED) is 0.792. The van der Waals surface area contributed by atoms with Gasteiger partial charge in [0.25, 0.3) is 0 Å². The van der Waals surface area contributed by atoms with Crippen LogP contribution in [0.1, 0.15) is 27.2 Å². The second kappa shape index (κ2) is 5.46. The first-order valence-corrected chi connectivity index (χ1v) is 6.94. The van der Waals surface area contributed by atoms with E-state index in [9.17, 15) is 14.0 Å². The fraction of sp³-hybridized carbons (Fsp3) is 0.846. The maximum absolute atomic E-state index is 14.2. The molecule has 0 bridgehead atoms. The summed E-state index contributed by atoms with van der Waals surface area (Å²) in [5, 5.41) is 2.67.